The predicted octanol–water partition coefficient (Wildman–Crippen LogP) is 3.80. The molecule has 0 spiro atoms. The van der Waals surface area contributed by atoms with Gasteiger partial charge in [0.15, 0.2) is 5.69 Å². The van der Waals surface area contributed by atoms with Crippen LogP contribution in [0.2, 0.25) is 0 Å². The number of anilines is 1. The van der Waals surface area contributed by atoms with E-state index in [0.717, 1.165) is 16.8 Å². The van der Waals surface area contributed by atoms with Gasteiger partial charge in [0.1, 0.15) is 4.60 Å². The Labute approximate surface area is 121 Å². The van der Waals surface area contributed by atoms with E-state index in [4.69, 9.17) is 0 Å². The van der Waals surface area contributed by atoms with E-state index in [-0.39, 0.29) is 5.91 Å². The minimum absolute atomic E-state index is 0.249. The minimum atomic E-state index is -0.249. The fourth-order valence-electron chi connectivity index (χ4n) is 1.64. The van der Waals surface area contributed by atoms with Crippen molar-refractivity contribution in [3.05, 3.63) is 44.1 Å². The molecular weight excluding hydrogens is 362 g/mol. The van der Waals surface area contributed by atoms with Crippen molar-refractivity contribution in [3.8, 4) is 0 Å². The fourth-order valence-corrected chi connectivity index (χ4v) is 2.28. The van der Waals surface area contributed by atoms with Gasteiger partial charge in [0.05, 0.1) is 4.47 Å². The highest BCUT2D eigenvalue weighted by molar-refractivity contribution is 9.13. The lowest BCUT2D eigenvalue weighted by Crippen LogP contribution is -2.14. The molecule has 2 N–H and O–H groups in total. The van der Waals surface area contributed by atoms with Crippen molar-refractivity contribution >= 4 is 43.5 Å². The molecule has 6 heteroatoms. The van der Waals surface area contributed by atoms with Crippen LogP contribution in [0.5, 0.6) is 0 Å². The van der Waals surface area contributed by atoms with Gasteiger partial charge in [-0.05, 0) is 56.8 Å². The van der Waals surface area contributed by atoms with Gasteiger partial charge in [-0.2, -0.15) is 5.10 Å². The van der Waals surface area contributed by atoms with Crippen molar-refractivity contribution in [3.63, 3.8) is 0 Å². The average molecular weight is 373 g/mol. The Morgan fingerprint density at radius 3 is 2.39 bits per heavy atom. The van der Waals surface area contributed by atoms with E-state index in [1.54, 1.807) is 0 Å². The van der Waals surface area contributed by atoms with Gasteiger partial charge in [-0.1, -0.05) is 18.2 Å². The van der Waals surface area contributed by atoms with E-state index in [1.807, 2.05) is 32.0 Å². The number of hydrogen-bond acceptors (Lipinski definition) is 2. The van der Waals surface area contributed by atoms with Gasteiger partial charge in [-0.3, -0.25) is 9.89 Å². The number of rotatable bonds is 2. The first-order valence-electron chi connectivity index (χ1n) is 5.27. The summed E-state index contributed by atoms with van der Waals surface area (Å²) in [7, 11) is 0. The van der Waals surface area contributed by atoms with E-state index in [9.17, 15) is 4.79 Å². The second kappa shape index (κ2) is 5.24. The van der Waals surface area contributed by atoms with Crippen molar-refractivity contribution in [2.24, 2.45) is 0 Å². The molecule has 0 bridgehead atoms. The quantitative estimate of drug-likeness (QED) is 0.842. The highest BCUT2D eigenvalue weighted by Crippen LogP contribution is 2.26. The van der Waals surface area contributed by atoms with Crippen LogP contribution < -0.4 is 5.32 Å². The summed E-state index contributed by atoms with van der Waals surface area (Å²) in [5.41, 5.74) is 3.20. The highest BCUT2D eigenvalue weighted by Gasteiger charge is 2.17. The maximum Gasteiger partial charge on any atom is 0.277 e. The molecule has 0 aliphatic rings. The number of para-hydroxylation sites is 1. The number of benzene rings is 1. The van der Waals surface area contributed by atoms with Gasteiger partial charge < -0.3 is 5.32 Å². The topological polar surface area (TPSA) is 57.8 Å². The third kappa shape index (κ3) is 2.49. The second-order valence-corrected chi connectivity index (χ2v) is 5.51. The molecular formula is C12H11Br2N3O. The third-order valence-corrected chi connectivity index (χ3v) is 4.48. The number of hydrogen-bond donors (Lipinski definition) is 2. The largest absolute Gasteiger partial charge is 0.320 e. The van der Waals surface area contributed by atoms with Crippen LogP contribution in [-0.4, -0.2) is 16.1 Å². The molecule has 1 heterocycles. The van der Waals surface area contributed by atoms with E-state index < -0.39 is 0 Å². The summed E-state index contributed by atoms with van der Waals surface area (Å²) < 4.78 is 1.26. The maximum absolute atomic E-state index is 12.1. The van der Waals surface area contributed by atoms with Crippen molar-refractivity contribution < 1.29 is 4.79 Å². The van der Waals surface area contributed by atoms with Crippen LogP contribution >= 0.6 is 31.9 Å². The normalized spacial score (nSPS) is 10.4. The number of carbonyl (C=O) groups is 1. The minimum Gasteiger partial charge on any atom is -0.320 e. The molecule has 1 aromatic heterocycles. The molecule has 18 heavy (non-hydrogen) atoms. The molecule has 0 aliphatic heterocycles. The first-order valence-corrected chi connectivity index (χ1v) is 6.86. The lowest BCUT2D eigenvalue weighted by Gasteiger charge is -2.10. The van der Waals surface area contributed by atoms with Gasteiger partial charge in [0.25, 0.3) is 5.91 Å². The molecule has 2 aromatic rings. The first kappa shape index (κ1) is 13.3. The number of nitrogens with zero attached hydrogens (tertiary/aromatic N) is 1. The van der Waals surface area contributed by atoms with E-state index in [0.29, 0.717) is 14.8 Å². The molecule has 4 nitrogen and oxygen atoms in total. The average Bonchev–Trinajstić information content (AvgIpc) is 2.65. The smallest absolute Gasteiger partial charge is 0.277 e. The SMILES string of the molecule is Cc1cccc(C)c1NC(=O)c1n[nH]c(Br)c1Br. The van der Waals surface area contributed by atoms with Crippen molar-refractivity contribution in [2.45, 2.75) is 13.8 Å². The van der Waals surface area contributed by atoms with Crippen LogP contribution in [0.15, 0.2) is 27.3 Å². The number of carbonyl (C=O) groups excluding carboxylic acids is 1. The van der Waals surface area contributed by atoms with E-state index >= 15 is 0 Å². The van der Waals surface area contributed by atoms with Crippen LogP contribution in [0.4, 0.5) is 5.69 Å². The molecule has 0 radical (unpaired) electrons. The van der Waals surface area contributed by atoms with Gasteiger partial charge in [-0.25, -0.2) is 0 Å². The molecule has 0 unspecified atom stereocenters. The zero-order valence-corrected chi connectivity index (χ0v) is 13.0. The number of aromatic amines is 1. The monoisotopic (exact) mass is 371 g/mol. The summed E-state index contributed by atoms with van der Waals surface area (Å²) in [6.45, 7) is 3.91. The van der Waals surface area contributed by atoms with Gasteiger partial charge in [-0.15, -0.1) is 0 Å². The van der Waals surface area contributed by atoms with E-state index in [1.165, 1.54) is 0 Å². The predicted molar refractivity (Wildman–Crippen MR) is 77.9 cm³/mol. The third-order valence-electron chi connectivity index (χ3n) is 2.60. The number of amides is 1. The summed E-state index contributed by atoms with van der Waals surface area (Å²) in [5, 5.41) is 9.51. The van der Waals surface area contributed by atoms with Crippen LogP contribution in [0.25, 0.3) is 0 Å². The summed E-state index contributed by atoms with van der Waals surface area (Å²) in [6, 6.07) is 5.87. The molecule has 1 aromatic carbocycles. The number of aromatic nitrogens is 2. The van der Waals surface area contributed by atoms with Gasteiger partial charge >= 0.3 is 0 Å². The number of H-pyrrole nitrogens is 1. The highest BCUT2D eigenvalue weighted by atomic mass is 79.9. The summed E-state index contributed by atoms with van der Waals surface area (Å²) in [4.78, 5) is 12.1. The Balaban J connectivity index is 2.30. The van der Waals surface area contributed by atoms with Crippen LogP contribution in [-0.2, 0) is 0 Å². The Bertz CT molecular complexity index is 587. The second-order valence-electron chi connectivity index (χ2n) is 3.92. The Morgan fingerprint density at radius 1 is 1.28 bits per heavy atom. The lowest BCUT2D eigenvalue weighted by atomic mass is 10.1. The molecule has 0 atom stereocenters. The molecule has 0 saturated heterocycles. The molecule has 0 fully saturated rings. The van der Waals surface area contributed by atoms with Crippen LogP contribution in [0.3, 0.4) is 0 Å². The molecule has 0 saturated carbocycles. The zero-order valence-electron chi connectivity index (χ0n) is 9.84. The van der Waals surface area contributed by atoms with Gasteiger partial charge in [0.2, 0.25) is 0 Å². The van der Waals surface area contributed by atoms with Crippen LogP contribution in [0.1, 0.15) is 21.6 Å². The summed E-state index contributed by atoms with van der Waals surface area (Å²) in [5.74, 6) is -0.249. The summed E-state index contributed by atoms with van der Waals surface area (Å²) in [6.07, 6.45) is 0. The molecule has 1 amide bonds. The fraction of sp³-hybridized carbons (Fsp3) is 0.167. The lowest BCUT2D eigenvalue weighted by molar-refractivity contribution is 0.102. The van der Waals surface area contributed by atoms with Crippen molar-refractivity contribution in [1.29, 1.82) is 0 Å². The number of halogens is 2. The Hall–Kier alpha value is -1.14. The van der Waals surface area contributed by atoms with Crippen molar-refractivity contribution in [1.82, 2.24) is 10.2 Å². The molecule has 94 valence electrons. The van der Waals surface area contributed by atoms with Gasteiger partial charge in [0, 0.05) is 5.69 Å². The Kier molecular flexibility index (Phi) is 3.87. The Morgan fingerprint density at radius 2 is 1.89 bits per heavy atom. The summed E-state index contributed by atoms with van der Waals surface area (Å²) >= 11 is 6.55. The number of nitrogens with one attached hydrogen (secondary N) is 2. The first-order chi connectivity index (χ1) is 8.50. The standard InChI is InChI=1S/C12H11Br2N3O/c1-6-4-3-5-7(2)9(6)15-12(18)10-8(13)11(14)17-16-10/h3-5H,1-2H3,(H,15,18)(H,16,17). The number of aryl methyl sites for hydroxylation is 2. The maximum atomic E-state index is 12.1. The molecule has 0 aliphatic carbocycles. The van der Waals surface area contributed by atoms with E-state index in [2.05, 4.69) is 47.4 Å². The van der Waals surface area contributed by atoms with Crippen molar-refractivity contribution in [2.75, 3.05) is 5.32 Å². The zero-order chi connectivity index (χ0) is 13.3. The van der Waals surface area contributed by atoms with Crippen LogP contribution in [0, 0.1) is 13.8 Å². The molecule has 2 rings (SSSR count).